The van der Waals surface area contributed by atoms with Gasteiger partial charge >= 0.3 is 6.18 Å². The van der Waals surface area contributed by atoms with Crippen molar-refractivity contribution in [2.75, 3.05) is 18.0 Å². The molecule has 184 valence electrons. The van der Waals surface area contributed by atoms with Gasteiger partial charge in [-0.25, -0.2) is 9.97 Å². The van der Waals surface area contributed by atoms with E-state index < -0.39 is 23.7 Å². The van der Waals surface area contributed by atoms with E-state index >= 15 is 0 Å². The largest absolute Gasteiger partial charge is 0.408 e. The number of benzene rings is 1. The number of nitrogens with zero attached hydrogens (tertiary/aromatic N) is 6. The Bertz CT molecular complexity index is 1440. The molecule has 0 spiro atoms. The number of halogens is 3. The van der Waals surface area contributed by atoms with Gasteiger partial charge in [0.05, 0.1) is 24.4 Å². The zero-order chi connectivity index (χ0) is 25.5. The van der Waals surface area contributed by atoms with E-state index in [1.165, 1.54) is 18.5 Å². The third-order valence-corrected chi connectivity index (χ3v) is 6.41. The van der Waals surface area contributed by atoms with Gasteiger partial charge in [0, 0.05) is 47.7 Å². The summed E-state index contributed by atoms with van der Waals surface area (Å²) in [4.78, 5) is 25.8. The number of nitrogens with one attached hydrogen (secondary N) is 2. The average molecular weight is 494 g/mol. The van der Waals surface area contributed by atoms with Crippen molar-refractivity contribution in [3.8, 4) is 17.3 Å². The molecular formula is C24H21F3N8O. The van der Waals surface area contributed by atoms with Crippen molar-refractivity contribution in [1.82, 2.24) is 30.0 Å². The Morgan fingerprint density at radius 2 is 2.00 bits per heavy atom. The zero-order valence-corrected chi connectivity index (χ0v) is 19.1. The highest BCUT2D eigenvalue weighted by molar-refractivity contribution is 5.94. The average Bonchev–Trinajstić information content (AvgIpc) is 3.50. The molecule has 0 unspecified atom stereocenters. The van der Waals surface area contributed by atoms with Crippen molar-refractivity contribution >= 4 is 22.6 Å². The molecule has 1 fully saturated rings. The fourth-order valence-corrected chi connectivity index (χ4v) is 4.32. The Balaban J connectivity index is 1.31. The van der Waals surface area contributed by atoms with E-state index in [-0.39, 0.29) is 12.0 Å². The van der Waals surface area contributed by atoms with Gasteiger partial charge < -0.3 is 15.2 Å². The number of rotatable bonds is 6. The van der Waals surface area contributed by atoms with E-state index in [1.807, 2.05) is 22.5 Å². The van der Waals surface area contributed by atoms with Crippen molar-refractivity contribution in [3.05, 3.63) is 60.8 Å². The molecular weight excluding hydrogens is 473 g/mol. The highest BCUT2D eigenvalue weighted by atomic mass is 19.4. The zero-order valence-electron chi connectivity index (χ0n) is 19.1. The summed E-state index contributed by atoms with van der Waals surface area (Å²) < 4.78 is 39.9. The number of carbonyl (C=O) groups is 1. The maximum absolute atomic E-state index is 12.7. The van der Waals surface area contributed by atoms with Crippen LogP contribution < -0.4 is 10.2 Å². The molecule has 3 aromatic heterocycles. The van der Waals surface area contributed by atoms with Crippen LogP contribution >= 0.6 is 0 Å². The van der Waals surface area contributed by atoms with Crippen LogP contribution in [0.5, 0.6) is 0 Å². The number of hydrogen-bond acceptors (Lipinski definition) is 6. The Morgan fingerprint density at radius 3 is 2.69 bits per heavy atom. The lowest BCUT2D eigenvalue weighted by molar-refractivity contribution is -0.149. The van der Waals surface area contributed by atoms with Crippen molar-refractivity contribution in [3.63, 3.8) is 0 Å². The quantitative estimate of drug-likeness (QED) is 0.423. The number of anilines is 1. The second-order valence-corrected chi connectivity index (χ2v) is 8.83. The summed E-state index contributed by atoms with van der Waals surface area (Å²) in [6.07, 6.45) is 2.59. The second-order valence-electron chi connectivity index (χ2n) is 8.83. The Hall–Kier alpha value is -4.40. The van der Waals surface area contributed by atoms with Gasteiger partial charge in [-0.2, -0.15) is 23.5 Å². The fourth-order valence-electron chi connectivity index (χ4n) is 4.32. The molecule has 1 aliphatic rings. The molecule has 1 saturated heterocycles. The Morgan fingerprint density at radius 1 is 1.25 bits per heavy atom. The van der Waals surface area contributed by atoms with Gasteiger partial charge in [-0.15, -0.1) is 0 Å². The minimum atomic E-state index is -4.51. The van der Waals surface area contributed by atoms with Gasteiger partial charge in [0.1, 0.15) is 23.6 Å². The van der Waals surface area contributed by atoms with Crippen LogP contribution in [-0.4, -0.2) is 55.9 Å². The summed E-state index contributed by atoms with van der Waals surface area (Å²) in [6, 6.07) is 8.54. The Kier molecular flexibility index (Phi) is 5.62. The van der Waals surface area contributed by atoms with Crippen molar-refractivity contribution in [2.24, 2.45) is 0 Å². The van der Waals surface area contributed by atoms with Gasteiger partial charge in [0.2, 0.25) is 0 Å². The molecule has 1 amide bonds. The minimum absolute atomic E-state index is 0.135. The van der Waals surface area contributed by atoms with E-state index in [0.717, 1.165) is 34.9 Å². The standard InChI is InChI=1S/C24H21F3N8O/c1-15(24(25,26)27)33-22(36)16-2-4-18(5-3-16)34-12-23(13-34,7-8-28)35-11-17(10-32-35)20-19-6-9-29-21(19)31-14-30-20/h2-6,9-11,14-15H,7,12-13H2,1H3,(H,33,36)(H,29,30,31)/t15-/m1/s1. The van der Waals surface area contributed by atoms with Crippen molar-refractivity contribution in [2.45, 2.75) is 31.1 Å². The lowest BCUT2D eigenvalue weighted by Gasteiger charge is -2.50. The molecule has 0 radical (unpaired) electrons. The molecule has 0 bridgehead atoms. The number of aromatic nitrogens is 5. The van der Waals surface area contributed by atoms with Gasteiger partial charge in [-0.3, -0.25) is 9.48 Å². The van der Waals surface area contributed by atoms with Crippen LogP contribution in [0.15, 0.2) is 55.2 Å². The molecule has 9 nitrogen and oxygen atoms in total. The van der Waals surface area contributed by atoms with Crippen molar-refractivity contribution in [1.29, 1.82) is 5.26 Å². The normalized spacial score (nSPS) is 15.8. The van der Waals surface area contributed by atoms with E-state index in [2.05, 4.69) is 26.1 Å². The maximum atomic E-state index is 12.7. The number of hydrogen-bond donors (Lipinski definition) is 2. The first-order valence-electron chi connectivity index (χ1n) is 11.1. The van der Waals surface area contributed by atoms with Crippen LogP contribution in [-0.2, 0) is 5.54 Å². The maximum Gasteiger partial charge on any atom is 0.408 e. The molecule has 5 rings (SSSR count). The molecule has 4 heterocycles. The summed E-state index contributed by atoms with van der Waals surface area (Å²) >= 11 is 0. The molecule has 0 saturated carbocycles. The number of nitriles is 1. The van der Waals surface area contributed by atoms with E-state index in [4.69, 9.17) is 0 Å². The molecule has 1 atom stereocenters. The monoisotopic (exact) mass is 494 g/mol. The van der Waals surface area contributed by atoms with Crippen LogP contribution in [0.2, 0.25) is 0 Å². The third-order valence-electron chi connectivity index (χ3n) is 6.41. The first-order valence-corrected chi connectivity index (χ1v) is 11.1. The number of carbonyl (C=O) groups excluding carboxylic acids is 1. The molecule has 12 heteroatoms. The van der Waals surface area contributed by atoms with Gasteiger partial charge in [-0.05, 0) is 37.3 Å². The number of fused-ring (bicyclic) bond motifs is 1. The third kappa shape index (κ3) is 4.13. The number of amides is 1. The molecule has 1 aliphatic heterocycles. The topological polar surface area (TPSA) is 116 Å². The number of aromatic amines is 1. The minimum Gasteiger partial charge on any atom is -0.366 e. The lowest BCUT2D eigenvalue weighted by Crippen LogP contribution is -2.63. The molecule has 2 N–H and O–H groups in total. The molecule has 36 heavy (non-hydrogen) atoms. The van der Waals surface area contributed by atoms with Crippen LogP contribution in [0, 0.1) is 11.3 Å². The van der Waals surface area contributed by atoms with Crippen LogP contribution in [0.4, 0.5) is 18.9 Å². The summed E-state index contributed by atoms with van der Waals surface area (Å²) in [6.45, 7) is 1.90. The second kappa shape index (κ2) is 8.67. The molecule has 0 aliphatic carbocycles. The van der Waals surface area contributed by atoms with Gasteiger partial charge in [0.15, 0.2) is 0 Å². The highest BCUT2D eigenvalue weighted by Crippen LogP contribution is 2.37. The number of alkyl halides is 3. The SMILES string of the molecule is C[C@@H](NC(=O)c1ccc(N2CC(CC#N)(n3cc(-c4ncnc5[nH]ccc45)cn3)C2)cc1)C(F)(F)F. The predicted octanol–water partition coefficient (Wildman–Crippen LogP) is 3.63. The predicted molar refractivity (Wildman–Crippen MR) is 125 cm³/mol. The van der Waals surface area contributed by atoms with Crippen LogP contribution in [0.1, 0.15) is 23.7 Å². The summed E-state index contributed by atoms with van der Waals surface area (Å²) in [5, 5.41) is 16.8. The fraction of sp³-hybridized carbons (Fsp3) is 0.292. The first kappa shape index (κ1) is 23.3. The van der Waals surface area contributed by atoms with E-state index in [1.54, 1.807) is 29.2 Å². The van der Waals surface area contributed by atoms with E-state index in [0.29, 0.717) is 13.1 Å². The van der Waals surface area contributed by atoms with Crippen LogP contribution in [0.25, 0.3) is 22.3 Å². The molecule has 1 aromatic carbocycles. The summed E-state index contributed by atoms with van der Waals surface area (Å²) in [5.41, 5.74) is 2.65. The number of H-pyrrole nitrogens is 1. The smallest absolute Gasteiger partial charge is 0.366 e. The molecule has 4 aromatic rings. The van der Waals surface area contributed by atoms with Gasteiger partial charge in [-0.1, -0.05) is 0 Å². The van der Waals surface area contributed by atoms with E-state index in [9.17, 15) is 23.2 Å². The summed E-state index contributed by atoms with van der Waals surface area (Å²) in [7, 11) is 0. The lowest BCUT2D eigenvalue weighted by atomic mass is 9.86. The van der Waals surface area contributed by atoms with Crippen LogP contribution in [0.3, 0.4) is 0 Å². The van der Waals surface area contributed by atoms with Gasteiger partial charge in [0.25, 0.3) is 5.91 Å². The first-order chi connectivity index (χ1) is 17.2. The Labute approximate surface area is 203 Å². The van der Waals surface area contributed by atoms with Crippen molar-refractivity contribution < 1.29 is 18.0 Å². The summed E-state index contributed by atoms with van der Waals surface area (Å²) in [5.74, 6) is -0.792. The highest BCUT2D eigenvalue weighted by Gasteiger charge is 2.45.